The monoisotopic (exact) mass is 817 g/mol. The number of hydrogen-bond acceptors (Lipinski definition) is 2. The molecule has 6 heteroatoms. The largest absolute Gasteiger partial charge is 0.510 e. The molecule has 3 heterocycles. The molecule has 8 rings (SSSR count). The fourth-order valence-corrected chi connectivity index (χ4v) is 6.33. The van der Waals surface area contributed by atoms with E-state index in [1.807, 2.05) is 58.1 Å². The summed E-state index contributed by atoms with van der Waals surface area (Å²) in [7, 11) is 0. The van der Waals surface area contributed by atoms with Gasteiger partial charge in [-0.3, -0.25) is 4.57 Å². The molecule has 0 saturated carbocycles. The number of nitrogens with zero attached hydrogens (tertiary/aromatic N) is 4. The third-order valence-corrected chi connectivity index (χ3v) is 8.86. The molecule has 244 valence electrons. The number of imidazole rings is 1. The Labute approximate surface area is 301 Å². The Bertz CT molecular complexity index is 2440. The van der Waals surface area contributed by atoms with E-state index >= 15 is 0 Å². The van der Waals surface area contributed by atoms with Crippen LogP contribution in [0, 0.1) is 25.4 Å². The summed E-state index contributed by atoms with van der Waals surface area (Å²) in [5.41, 5.74) is 8.69. The van der Waals surface area contributed by atoms with E-state index in [1.165, 1.54) is 22.3 Å². The summed E-state index contributed by atoms with van der Waals surface area (Å²) in [6.07, 6.45) is 9.36. The normalized spacial score (nSPS) is 11.5. The van der Waals surface area contributed by atoms with Gasteiger partial charge in [0.15, 0.2) is 0 Å². The summed E-state index contributed by atoms with van der Waals surface area (Å²) >= 11 is 0. The van der Waals surface area contributed by atoms with Crippen molar-refractivity contribution in [2.24, 2.45) is 0 Å². The first-order valence-electron chi connectivity index (χ1n) is 16.1. The number of pyridine rings is 1. The maximum atomic E-state index is 6.41. The van der Waals surface area contributed by atoms with E-state index in [2.05, 4.69) is 136 Å². The Kier molecular flexibility index (Phi) is 8.56. The van der Waals surface area contributed by atoms with Gasteiger partial charge in [0, 0.05) is 56.7 Å². The van der Waals surface area contributed by atoms with Crippen LogP contribution in [0.1, 0.15) is 31.9 Å². The smallest absolute Gasteiger partial charge is 0.267 e. The first-order valence-corrected chi connectivity index (χ1v) is 16.1. The van der Waals surface area contributed by atoms with Crippen LogP contribution >= 0.6 is 0 Å². The van der Waals surface area contributed by atoms with Crippen LogP contribution in [0.25, 0.3) is 50.1 Å². The molecular weight excluding hydrogens is 784 g/mol. The van der Waals surface area contributed by atoms with Gasteiger partial charge in [0.25, 0.3) is 6.33 Å². The zero-order chi connectivity index (χ0) is 32.8. The summed E-state index contributed by atoms with van der Waals surface area (Å²) in [6.45, 7) is 8.81. The average molecular weight is 818 g/mol. The van der Waals surface area contributed by atoms with Crippen LogP contribution in [0.2, 0.25) is 0 Å². The molecule has 0 fully saturated rings. The molecule has 0 spiro atoms. The number of aromatic nitrogens is 4. The second-order valence-electron chi connectivity index (χ2n) is 13.0. The molecule has 0 aliphatic rings. The quantitative estimate of drug-likeness (QED) is 0.124. The zero-order valence-corrected chi connectivity index (χ0v) is 30.0. The minimum Gasteiger partial charge on any atom is -0.510 e. The molecule has 0 unspecified atom stereocenters. The molecule has 0 aliphatic heterocycles. The Morgan fingerprint density at radius 2 is 1.53 bits per heavy atom. The van der Waals surface area contributed by atoms with E-state index in [-0.39, 0.29) is 26.5 Å². The van der Waals surface area contributed by atoms with Crippen molar-refractivity contribution in [2.75, 3.05) is 0 Å². The van der Waals surface area contributed by atoms with E-state index in [4.69, 9.17) is 9.72 Å². The molecule has 0 atom stereocenters. The van der Waals surface area contributed by atoms with Gasteiger partial charge in [0.2, 0.25) is 0 Å². The maximum absolute atomic E-state index is 6.41. The molecule has 0 N–H and O–H groups in total. The van der Waals surface area contributed by atoms with Gasteiger partial charge in [0.1, 0.15) is 5.82 Å². The van der Waals surface area contributed by atoms with Crippen molar-refractivity contribution in [3.8, 4) is 39.8 Å². The molecule has 0 aliphatic carbocycles. The van der Waals surface area contributed by atoms with Crippen molar-refractivity contribution in [3.05, 3.63) is 163 Å². The van der Waals surface area contributed by atoms with Crippen LogP contribution in [0.5, 0.6) is 11.5 Å². The standard InChI is InChI=1S/C43H34N4O.Pt/c1-30-36(31-12-6-5-7-13-31)17-11-19-39(30)46-25-24-45(29-46)33-14-10-15-34(27-33)48-35-20-21-38-37-16-8-9-18-40(37)47(41(38)28-35)42-26-32(22-23-44-42)43(2,3)4;/h5-26H,1-4H3;/q-2;. The third kappa shape index (κ3) is 6.11. The van der Waals surface area contributed by atoms with Crippen LogP contribution in [0.3, 0.4) is 0 Å². The maximum Gasteiger partial charge on any atom is 0.267 e. The van der Waals surface area contributed by atoms with Crippen molar-refractivity contribution in [3.63, 3.8) is 0 Å². The minimum atomic E-state index is -0.00324. The van der Waals surface area contributed by atoms with Gasteiger partial charge in [-0.15, -0.1) is 29.7 Å². The first-order chi connectivity index (χ1) is 23.3. The molecule has 49 heavy (non-hydrogen) atoms. The molecule has 8 aromatic rings. The van der Waals surface area contributed by atoms with Crippen molar-refractivity contribution in [1.82, 2.24) is 14.1 Å². The molecular formula is C43H34N4OPt-2. The van der Waals surface area contributed by atoms with Gasteiger partial charge in [-0.25, -0.2) is 4.98 Å². The van der Waals surface area contributed by atoms with E-state index in [1.54, 1.807) is 0 Å². The van der Waals surface area contributed by atoms with E-state index in [0.29, 0.717) is 11.5 Å². The number of ether oxygens (including phenoxy) is 1. The Hall–Kier alpha value is -5.25. The van der Waals surface area contributed by atoms with E-state index in [9.17, 15) is 0 Å². The van der Waals surface area contributed by atoms with Gasteiger partial charge < -0.3 is 13.9 Å². The number of benzene rings is 5. The van der Waals surface area contributed by atoms with Gasteiger partial charge in [-0.2, -0.15) is 18.2 Å². The Balaban J connectivity index is 0.00000378. The summed E-state index contributed by atoms with van der Waals surface area (Å²) in [5.74, 6) is 2.05. The van der Waals surface area contributed by atoms with Crippen LogP contribution in [-0.2, 0) is 26.5 Å². The molecule has 0 saturated heterocycles. The number of rotatable bonds is 6. The van der Waals surface area contributed by atoms with Crippen molar-refractivity contribution in [1.29, 1.82) is 0 Å². The summed E-state index contributed by atoms with van der Waals surface area (Å²) in [6, 6.07) is 46.4. The Morgan fingerprint density at radius 1 is 0.755 bits per heavy atom. The topological polar surface area (TPSA) is 35.9 Å². The summed E-state index contributed by atoms with van der Waals surface area (Å²) < 4.78 is 12.5. The summed E-state index contributed by atoms with van der Waals surface area (Å²) in [5, 5.41) is 2.24. The van der Waals surface area contributed by atoms with Crippen molar-refractivity contribution >= 4 is 21.8 Å². The van der Waals surface area contributed by atoms with Gasteiger partial charge in [-0.05, 0) is 69.9 Å². The van der Waals surface area contributed by atoms with Gasteiger partial charge >= 0.3 is 0 Å². The number of hydrogen-bond donors (Lipinski definition) is 0. The van der Waals surface area contributed by atoms with Gasteiger partial charge in [0.05, 0.1) is 5.69 Å². The second kappa shape index (κ2) is 13.0. The molecule has 5 aromatic carbocycles. The van der Waals surface area contributed by atoms with Crippen molar-refractivity contribution in [2.45, 2.75) is 33.1 Å². The SMILES string of the molecule is Cc1c(-c2ccccc2)cccc1-[n+]1[c-]n(-c2[c-]c(Oc3[c-]c4c(cc3)c3ccccc3n4-c3cc(C(C)(C)C)ccn3)ccc2)cc1.[Pt]. The zero-order valence-electron chi connectivity index (χ0n) is 27.7. The molecule has 3 aromatic heterocycles. The van der Waals surface area contributed by atoms with Crippen molar-refractivity contribution < 1.29 is 30.4 Å². The van der Waals surface area contributed by atoms with Crippen LogP contribution in [0.15, 0.2) is 134 Å². The minimum absolute atomic E-state index is 0. The molecule has 5 nitrogen and oxygen atoms in total. The van der Waals surface area contributed by atoms with Crippen LogP contribution in [-0.4, -0.2) is 14.1 Å². The van der Waals surface area contributed by atoms with Crippen LogP contribution in [0.4, 0.5) is 0 Å². The van der Waals surface area contributed by atoms with Crippen LogP contribution < -0.4 is 9.30 Å². The predicted molar refractivity (Wildman–Crippen MR) is 191 cm³/mol. The van der Waals surface area contributed by atoms with E-state index in [0.717, 1.165) is 39.0 Å². The average Bonchev–Trinajstić information content (AvgIpc) is 3.72. The first kappa shape index (κ1) is 32.3. The number of fused-ring (bicyclic) bond motifs is 3. The van der Waals surface area contributed by atoms with E-state index < -0.39 is 0 Å². The fraction of sp³-hybridized carbons (Fsp3) is 0.116. The number of para-hydroxylation sites is 1. The fourth-order valence-electron chi connectivity index (χ4n) is 6.33. The molecule has 0 radical (unpaired) electrons. The molecule has 0 amide bonds. The summed E-state index contributed by atoms with van der Waals surface area (Å²) in [4.78, 5) is 4.79. The second-order valence-corrected chi connectivity index (χ2v) is 13.0. The van der Waals surface area contributed by atoms with Gasteiger partial charge in [-0.1, -0.05) is 87.0 Å². The third-order valence-electron chi connectivity index (χ3n) is 8.86. The molecule has 0 bridgehead atoms. The predicted octanol–water partition coefficient (Wildman–Crippen LogP) is 9.71. The Morgan fingerprint density at radius 3 is 2.37 bits per heavy atom.